The molecule has 2 aromatic heterocycles. The van der Waals surface area contributed by atoms with Crippen LogP contribution in [0.5, 0.6) is 0 Å². The van der Waals surface area contributed by atoms with Crippen molar-refractivity contribution in [1.29, 1.82) is 0 Å². The minimum Gasteiger partial charge on any atom is -0.355 e. The molecule has 3 heterocycles. The molecule has 2 unspecified atom stereocenters. The van der Waals surface area contributed by atoms with Crippen molar-refractivity contribution in [3.8, 4) is 11.3 Å². The van der Waals surface area contributed by atoms with Gasteiger partial charge in [-0.3, -0.25) is 4.79 Å². The molecule has 1 N–H and O–H groups in total. The average Bonchev–Trinajstić information content (AvgIpc) is 2.82. The zero-order valence-corrected chi connectivity index (χ0v) is 21.7. The van der Waals surface area contributed by atoms with Crippen LogP contribution in [0, 0.1) is 5.92 Å². The number of anilines is 2. The number of nitrogens with one attached hydrogen (secondary N) is 1. The summed E-state index contributed by atoms with van der Waals surface area (Å²) in [6.45, 7) is 8.71. The minimum atomic E-state index is -4.66. The van der Waals surface area contributed by atoms with Crippen LogP contribution in [-0.2, 0) is 10.7 Å². The van der Waals surface area contributed by atoms with Gasteiger partial charge in [-0.1, -0.05) is 27.7 Å². The van der Waals surface area contributed by atoms with Crippen molar-refractivity contribution < 1.29 is 26.7 Å². The lowest BCUT2D eigenvalue weighted by Gasteiger charge is -2.32. The molecule has 198 valence electrons. The van der Waals surface area contributed by atoms with Crippen LogP contribution in [0.25, 0.3) is 11.3 Å². The summed E-state index contributed by atoms with van der Waals surface area (Å²) < 4.78 is 71.6. The fraction of sp³-hybridized carbons (Fsp3) is 0.560. The molecule has 0 saturated carbocycles. The van der Waals surface area contributed by atoms with E-state index in [0.29, 0.717) is 13.1 Å². The summed E-state index contributed by atoms with van der Waals surface area (Å²) in [5.74, 6) is -5.41. The van der Waals surface area contributed by atoms with Crippen LogP contribution in [0.4, 0.5) is 33.6 Å². The van der Waals surface area contributed by atoms with Gasteiger partial charge in [0, 0.05) is 59.3 Å². The molecule has 0 bridgehead atoms. The monoisotopic (exact) mass is 530 g/mol. The molecular formula is C25H31F5N4OS. The number of amides is 1. The van der Waals surface area contributed by atoms with E-state index >= 15 is 0 Å². The van der Waals surface area contributed by atoms with E-state index in [4.69, 9.17) is 0 Å². The fourth-order valence-electron chi connectivity index (χ4n) is 3.92. The predicted octanol–water partition coefficient (Wildman–Crippen LogP) is 6.85. The lowest BCUT2D eigenvalue weighted by atomic mass is 9.92. The van der Waals surface area contributed by atoms with Gasteiger partial charge in [0.1, 0.15) is 11.6 Å². The first-order chi connectivity index (χ1) is 16.7. The molecule has 2 aromatic rings. The fourth-order valence-corrected chi connectivity index (χ4v) is 4.93. The topological polar surface area (TPSA) is 58.1 Å². The summed E-state index contributed by atoms with van der Waals surface area (Å²) in [4.78, 5) is 22.8. The average molecular weight is 531 g/mol. The molecular weight excluding hydrogens is 499 g/mol. The molecule has 0 aromatic carbocycles. The third-order valence-electron chi connectivity index (χ3n) is 6.20. The summed E-state index contributed by atoms with van der Waals surface area (Å²) in [5.41, 5.74) is -0.638. The van der Waals surface area contributed by atoms with Gasteiger partial charge in [-0.25, -0.2) is 18.7 Å². The summed E-state index contributed by atoms with van der Waals surface area (Å²) in [6.07, 6.45) is -3.88. The van der Waals surface area contributed by atoms with Crippen LogP contribution < -0.4 is 10.2 Å². The quantitative estimate of drug-likeness (QED) is 0.397. The molecule has 5 nitrogen and oxygen atoms in total. The summed E-state index contributed by atoms with van der Waals surface area (Å²) >= 11 is 1.76. The summed E-state index contributed by atoms with van der Waals surface area (Å²) in [6, 6.07) is 3.80. The molecule has 1 fully saturated rings. The maximum absolute atomic E-state index is 14.9. The van der Waals surface area contributed by atoms with Crippen LogP contribution in [-0.4, -0.2) is 46.1 Å². The molecule has 1 aliphatic heterocycles. The molecule has 0 aliphatic carbocycles. The molecule has 3 rings (SSSR count). The Labute approximate surface area is 212 Å². The molecule has 36 heavy (non-hydrogen) atoms. The second-order valence-electron chi connectivity index (χ2n) is 9.31. The highest BCUT2D eigenvalue weighted by molar-refractivity contribution is 8.00. The second-order valence-corrected chi connectivity index (χ2v) is 10.9. The maximum Gasteiger partial charge on any atom is 0.395 e. The largest absolute Gasteiger partial charge is 0.395 e. The van der Waals surface area contributed by atoms with Crippen molar-refractivity contribution >= 4 is 29.3 Å². The van der Waals surface area contributed by atoms with Crippen molar-refractivity contribution in [1.82, 2.24) is 9.97 Å². The van der Waals surface area contributed by atoms with Gasteiger partial charge < -0.3 is 10.2 Å². The number of rotatable bonds is 7. The van der Waals surface area contributed by atoms with Gasteiger partial charge in [-0.05, 0) is 25.1 Å². The molecule has 1 saturated heterocycles. The van der Waals surface area contributed by atoms with Crippen LogP contribution in [0.1, 0.15) is 58.1 Å². The SMILES string of the molecule is CCC(F)(F)c1cc(-c2ccnc(NC(=O)C(C)C)c2C(C)C(F)(F)F)nc(N2CCSC(C)C2)c1. The Bertz CT molecular complexity index is 1090. The van der Waals surface area contributed by atoms with Gasteiger partial charge in [0.25, 0.3) is 5.92 Å². The Morgan fingerprint density at radius 1 is 1.22 bits per heavy atom. The summed E-state index contributed by atoms with van der Waals surface area (Å²) in [5, 5.41) is 2.72. The van der Waals surface area contributed by atoms with Gasteiger partial charge in [-0.15, -0.1) is 0 Å². The zero-order valence-electron chi connectivity index (χ0n) is 20.9. The molecule has 1 aliphatic rings. The highest BCUT2D eigenvalue weighted by Gasteiger charge is 2.41. The van der Waals surface area contributed by atoms with E-state index in [9.17, 15) is 26.7 Å². The smallest absolute Gasteiger partial charge is 0.355 e. The Hall–Kier alpha value is -2.43. The number of halogens is 5. The number of thioether (sulfide) groups is 1. The van der Waals surface area contributed by atoms with Crippen LogP contribution in [0.15, 0.2) is 24.4 Å². The molecule has 11 heteroatoms. The lowest BCUT2D eigenvalue weighted by molar-refractivity contribution is -0.146. The Kier molecular flexibility index (Phi) is 8.52. The van der Waals surface area contributed by atoms with E-state index in [0.717, 1.165) is 18.7 Å². The minimum absolute atomic E-state index is 0.00307. The van der Waals surface area contributed by atoms with Gasteiger partial charge >= 0.3 is 6.18 Å². The summed E-state index contributed by atoms with van der Waals surface area (Å²) in [7, 11) is 0. The Balaban J connectivity index is 2.26. The Morgan fingerprint density at radius 2 is 1.92 bits per heavy atom. The van der Waals surface area contributed by atoms with E-state index < -0.39 is 36.3 Å². The van der Waals surface area contributed by atoms with Gasteiger partial charge in [0.15, 0.2) is 0 Å². The number of alkyl halides is 5. The number of pyridine rings is 2. The highest BCUT2D eigenvalue weighted by Crippen LogP contribution is 2.43. The third-order valence-corrected chi connectivity index (χ3v) is 7.34. The molecule has 0 spiro atoms. The van der Waals surface area contributed by atoms with Crippen molar-refractivity contribution in [3.05, 3.63) is 35.5 Å². The number of hydrogen-bond acceptors (Lipinski definition) is 5. The first kappa shape index (κ1) is 28.1. The van der Waals surface area contributed by atoms with Gasteiger partial charge in [-0.2, -0.15) is 24.9 Å². The first-order valence-electron chi connectivity index (χ1n) is 11.9. The van der Waals surface area contributed by atoms with E-state index in [2.05, 4.69) is 15.3 Å². The number of carbonyl (C=O) groups is 1. The van der Waals surface area contributed by atoms with Gasteiger partial charge in [0.2, 0.25) is 5.91 Å². The van der Waals surface area contributed by atoms with Crippen molar-refractivity contribution in [2.45, 2.75) is 64.3 Å². The highest BCUT2D eigenvalue weighted by atomic mass is 32.2. The van der Waals surface area contributed by atoms with E-state index in [-0.39, 0.29) is 39.3 Å². The second kappa shape index (κ2) is 10.9. The van der Waals surface area contributed by atoms with Crippen LogP contribution in [0.2, 0.25) is 0 Å². The molecule has 0 radical (unpaired) electrons. The van der Waals surface area contributed by atoms with Crippen LogP contribution in [0.3, 0.4) is 0 Å². The maximum atomic E-state index is 14.9. The van der Waals surface area contributed by atoms with Crippen molar-refractivity contribution in [2.24, 2.45) is 5.92 Å². The van der Waals surface area contributed by atoms with Gasteiger partial charge in [0.05, 0.1) is 11.6 Å². The number of nitrogens with zero attached hydrogens (tertiary/aromatic N) is 3. The molecule has 1 amide bonds. The van der Waals surface area contributed by atoms with Crippen LogP contribution >= 0.6 is 11.8 Å². The van der Waals surface area contributed by atoms with E-state index in [1.165, 1.54) is 25.3 Å². The first-order valence-corrected chi connectivity index (χ1v) is 12.9. The zero-order chi connectivity index (χ0) is 26.8. The van der Waals surface area contributed by atoms with Crippen molar-refractivity contribution in [3.63, 3.8) is 0 Å². The number of carbonyl (C=O) groups excluding carboxylic acids is 1. The number of hydrogen-bond donors (Lipinski definition) is 1. The standard InChI is InChI=1S/C25H31F5N4OS/c1-6-24(26,27)17-11-19(32-20(12-17)34-9-10-36-15(4)13-34)18-7-8-31-22(33-23(35)14(2)3)21(18)16(5)25(28,29)30/h7-8,11-12,14-16H,6,9-10,13H2,1-5H3,(H,31,33,35). The molecule has 2 atom stereocenters. The van der Waals surface area contributed by atoms with Crippen molar-refractivity contribution in [2.75, 3.05) is 29.1 Å². The lowest BCUT2D eigenvalue weighted by Crippen LogP contribution is -2.37. The third kappa shape index (κ3) is 6.27. The normalized spacial score (nSPS) is 17.9. The van der Waals surface area contributed by atoms with E-state index in [1.807, 2.05) is 11.8 Å². The Morgan fingerprint density at radius 3 is 2.50 bits per heavy atom. The number of aromatic nitrogens is 2. The van der Waals surface area contributed by atoms with E-state index in [1.54, 1.807) is 25.6 Å². The predicted molar refractivity (Wildman–Crippen MR) is 134 cm³/mol.